The van der Waals surface area contributed by atoms with Crippen LogP contribution in [-0.2, 0) is 21.3 Å². The second-order valence-corrected chi connectivity index (χ2v) is 7.13. The van der Waals surface area contributed by atoms with Gasteiger partial charge in [0.15, 0.2) is 0 Å². The maximum Gasteiger partial charge on any atom is 0.264 e. The lowest BCUT2D eigenvalue weighted by Crippen LogP contribution is -2.24. The number of sulfonamides is 1. The summed E-state index contributed by atoms with van der Waals surface area (Å²) in [6.45, 7) is 1.32. The first-order valence-corrected chi connectivity index (χ1v) is 8.94. The molecule has 1 aromatic heterocycles. The molecule has 0 radical (unpaired) electrons. The number of nitrogens with one attached hydrogen (secondary N) is 1. The summed E-state index contributed by atoms with van der Waals surface area (Å²) >= 11 is 0. The standard InChI is InChI=1S/C15H18FN3O3S/c16-14-6-1-2-7-15(14)23(20,21)18-12-9-17-19(10-12)11-13-5-3-4-8-22-13/h1-2,6-7,9-10,13,18H,3-5,8,11H2/t13-/m0/s1. The summed E-state index contributed by atoms with van der Waals surface area (Å²) in [6, 6.07) is 5.24. The van der Waals surface area contributed by atoms with E-state index in [1.807, 2.05) is 0 Å². The van der Waals surface area contributed by atoms with Crippen LogP contribution < -0.4 is 4.72 Å². The Hall–Kier alpha value is -1.93. The summed E-state index contributed by atoms with van der Waals surface area (Å²) in [7, 11) is -3.97. The third-order valence-corrected chi connectivity index (χ3v) is 5.09. The molecule has 3 rings (SSSR count). The third kappa shape index (κ3) is 3.89. The van der Waals surface area contributed by atoms with Crippen LogP contribution in [0.25, 0.3) is 0 Å². The molecule has 1 atom stereocenters. The lowest BCUT2D eigenvalue weighted by atomic mass is 10.1. The molecule has 8 heteroatoms. The quantitative estimate of drug-likeness (QED) is 0.908. The fourth-order valence-corrected chi connectivity index (χ4v) is 3.66. The van der Waals surface area contributed by atoms with Crippen LogP contribution in [0.15, 0.2) is 41.6 Å². The second-order valence-electron chi connectivity index (χ2n) is 5.48. The van der Waals surface area contributed by atoms with Crippen molar-refractivity contribution in [3.63, 3.8) is 0 Å². The second kappa shape index (κ2) is 6.67. The molecule has 1 saturated heterocycles. The van der Waals surface area contributed by atoms with E-state index >= 15 is 0 Å². The first kappa shape index (κ1) is 15.9. The van der Waals surface area contributed by atoms with Gasteiger partial charge in [-0.2, -0.15) is 5.10 Å². The number of hydrogen-bond acceptors (Lipinski definition) is 4. The van der Waals surface area contributed by atoms with Crippen LogP contribution in [-0.4, -0.2) is 30.9 Å². The average Bonchev–Trinajstić information content (AvgIpc) is 2.95. The molecule has 1 aliphatic rings. The maximum absolute atomic E-state index is 13.6. The summed E-state index contributed by atoms with van der Waals surface area (Å²) in [5.74, 6) is -0.789. The predicted octanol–water partition coefficient (Wildman–Crippen LogP) is 2.39. The Labute approximate surface area is 134 Å². The highest BCUT2D eigenvalue weighted by Gasteiger charge is 2.20. The summed E-state index contributed by atoms with van der Waals surface area (Å²) in [5, 5.41) is 4.13. The topological polar surface area (TPSA) is 73.2 Å². The van der Waals surface area contributed by atoms with Gasteiger partial charge in [0.2, 0.25) is 0 Å². The minimum absolute atomic E-state index is 0.0969. The molecule has 1 aliphatic heterocycles. The molecule has 1 N–H and O–H groups in total. The third-order valence-electron chi connectivity index (χ3n) is 3.68. The van der Waals surface area contributed by atoms with Gasteiger partial charge in [-0.1, -0.05) is 12.1 Å². The Morgan fingerprint density at radius 1 is 1.35 bits per heavy atom. The molecule has 1 aromatic carbocycles. The number of halogens is 1. The van der Waals surface area contributed by atoms with Crippen LogP contribution >= 0.6 is 0 Å². The van der Waals surface area contributed by atoms with Gasteiger partial charge in [0.1, 0.15) is 10.7 Å². The van der Waals surface area contributed by atoms with Crippen molar-refractivity contribution in [3.8, 4) is 0 Å². The van der Waals surface area contributed by atoms with Crippen LogP contribution in [0, 0.1) is 5.82 Å². The van der Waals surface area contributed by atoms with Crippen molar-refractivity contribution < 1.29 is 17.5 Å². The number of nitrogens with zero attached hydrogens (tertiary/aromatic N) is 2. The molecular weight excluding hydrogens is 321 g/mol. The number of aromatic nitrogens is 2. The van der Waals surface area contributed by atoms with Crippen molar-refractivity contribution in [2.24, 2.45) is 0 Å². The van der Waals surface area contributed by atoms with Crippen molar-refractivity contribution in [2.45, 2.75) is 36.8 Å². The lowest BCUT2D eigenvalue weighted by Gasteiger charge is -2.22. The van der Waals surface area contributed by atoms with Crippen molar-refractivity contribution in [3.05, 3.63) is 42.5 Å². The Morgan fingerprint density at radius 3 is 2.91 bits per heavy atom. The van der Waals surface area contributed by atoms with Crippen LogP contribution in [0.5, 0.6) is 0 Å². The highest BCUT2D eigenvalue weighted by Crippen LogP contribution is 2.19. The first-order chi connectivity index (χ1) is 11.0. The lowest BCUT2D eigenvalue weighted by molar-refractivity contribution is 0.00401. The molecule has 23 heavy (non-hydrogen) atoms. The Bertz CT molecular complexity index is 770. The van der Waals surface area contributed by atoms with Crippen LogP contribution in [0.1, 0.15) is 19.3 Å². The van der Waals surface area contributed by atoms with E-state index in [0.29, 0.717) is 12.2 Å². The molecule has 0 amide bonds. The fourth-order valence-electron chi connectivity index (χ4n) is 2.55. The largest absolute Gasteiger partial charge is 0.376 e. The fraction of sp³-hybridized carbons (Fsp3) is 0.400. The number of ether oxygens (including phenoxy) is 1. The number of anilines is 1. The Balaban J connectivity index is 1.70. The summed E-state index contributed by atoms with van der Waals surface area (Å²) in [4.78, 5) is -0.386. The van der Waals surface area contributed by atoms with E-state index in [1.54, 1.807) is 10.9 Å². The molecule has 2 aromatic rings. The summed E-state index contributed by atoms with van der Waals surface area (Å²) < 4.78 is 47.7. The molecule has 0 bridgehead atoms. The van der Waals surface area contributed by atoms with E-state index in [1.165, 1.54) is 24.4 Å². The van der Waals surface area contributed by atoms with Gasteiger partial charge in [-0.3, -0.25) is 9.40 Å². The van der Waals surface area contributed by atoms with Gasteiger partial charge in [-0.25, -0.2) is 12.8 Å². The minimum Gasteiger partial charge on any atom is -0.376 e. The average molecular weight is 339 g/mol. The summed E-state index contributed by atoms with van der Waals surface area (Å²) in [6.07, 6.45) is 6.25. The van der Waals surface area contributed by atoms with Crippen LogP contribution in [0.4, 0.5) is 10.1 Å². The molecule has 6 nitrogen and oxygen atoms in total. The molecule has 2 heterocycles. The van der Waals surface area contributed by atoms with Gasteiger partial charge in [0.25, 0.3) is 10.0 Å². The zero-order valence-corrected chi connectivity index (χ0v) is 13.3. The van der Waals surface area contributed by atoms with Crippen molar-refractivity contribution in [2.75, 3.05) is 11.3 Å². The van der Waals surface area contributed by atoms with E-state index in [2.05, 4.69) is 9.82 Å². The Kier molecular flexibility index (Phi) is 4.63. The van der Waals surface area contributed by atoms with Crippen LogP contribution in [0.3, 0.4) is 0 Å². The van der Waals surface area contributed by atoms with E-state index in [4.69, 9.17) is 4.74 Å². The summed E-state index contributed by atoms with van der Waals surface area (Å²) in [5.41, 5.74) is 0.295. The molecule has 0 aliphatic carbocycles. The highest BCUT2D eigenvalue weighted by atomic mass is 32.2. The van der Waals surface area contributed by atoms with E-state index < -0.39 is 15.8 Å². The predicted molar refractivity (Wildman–Crippen MR) is 83.0 cm³/mol. The van der Waals surface area contributed by atoms with E-state index in [0.717, 1.165) is 31.9 Å². The molecule has 1 fully saturated rings. The van der Waals surface area contributed by atoms with Gasteiger partial charge in [0.05, 0.1) is 24.5 Å². The number of hydrogen-bond donors (Lipinski definition) is 1. The highest BCUT2D eigenvalue weighted by molar-refractivity contribution is 7.92. The zero-order valence-electron chi connectivity index (χ0n) is 12.5. The Morgan fingerprint density at radius 2 is 2.17 bits per heavy atom. The zero-order chi connectivity index (χ0) is 16.3. The molecule has 124 valence electrons. The van der Waals surface area contributed by atoms with E-state index in [-0.39, 0.29) is 11.0 Å². The molecular formula is C15H18FN3O3S. The SMILES string of the molecule is O=S(=O)(Nc1cnn(C[C@@H]2CCCCO2)c1)c1ccccc1F. The van der Waals surface area contributed by atoms with Gasteiger partial charge in [-0.15, -0.1) is 0 Å². The molecule has 0 saturated carbocycles. The molecule has 0 spiro atoms. The maximum atomic E-state index is 13.6. The van der Waals surface area contributed by atoms with Crippen LogP contribution in [0.2, 0.25) is 0 Å². The first-order valence-electron chi connectivity index (χ1n) is 7.46. The van der Waals surface area contributed by atoms with Gasteiger partial charge in [-0.05, 0) is 31.4 Å². The number of rotatable bonds is 5. The van der Waals surface area contributed by atoms with Crippen molar-refractivity contribution >= 4 is 15.7 Å². The monoisotopic (exact) mass is 339 g/mol. The van der Waals surface area contributed by atoms with Crippen molar-refractivity contribution in [1.82, 2.24) is 9.78 Å². The van der Waals surface area contributed by atoms with Gasteiger partial charge < -0.3 is 4.74 Å². The molecule has 0 unspecified atom stereocenters. The normalized spacial score (nSPS) is 18.7. The van der Waals surface area contributed by atoms with Gasteiger partial charge in [0, 0.05) is 12.8 Å². The van der Waals surface area contributed by atoms with Crippen molar-refractivity contribution in [1.29, 1.82) is 0 Å². The van der Waals surface area contributed by atoms with E-state index in [9.17, 15) is 12.8 Å². The smallest absolute Gasteiger partial charge is 0.264 e. The van der Waals surface area contributed by atoms with Gasteiger partial charge >= 0.3 is 0 Å². The minimum atomic E-state index is -3.97. The number of benzene rings is 1.